The second-order valence-electron chi connectivity index (χ2n) is 4.87. The average molecular weight is 294 g/mol. The van der Waals surface area contributed by atoms with E-state index in [9.17, 15) is 0 Å². The summed E-state index contributed by atoms with van der Waals surface area (Å²) in [6.07, 6.45) is 1.73. The molecule has 0 amide bonds. The maximum atomic E-state index is 5.71. The average Bonchev–Trinajstić information content (AvgIpc) is 2.59. The highest BCUT2D eigenvalue weighted by atomic mass is 16.5. The van der Waals surface area contributed by atoms with Crippen LogP contribution in [0.2, 0.25) is 0 Å². The van der Waals surface area contributed by atoms with Crippen LogP contribution in [-0.2, 0) is 0 Å². The minimum absolute atomic E-state index is 0.679. The van der Waals surface area contributed by atoms with Gasteiger partial charge >= 0.3 is 0 Å². The lowest BCUT2D eigenvalue weighted by Crippen LogP contribution is -2.27. The van der Waals surface area contributed by atoms with Crippen LogP contribution in [0.25, 0.3) is 0 Å². The van der Waals surface area contributed by atoms with Gasteiger partial charge in [0.1, 0.15) is 18.1 Å². The number of rotatable bonds is 6. The van der Waals surface area contributed by atoms with Crippen molar-refractivity contribution in [2.45, 2.75) is 13.8 Å². The van der Waals surface area contributed by atoms with E-state index in [2.05, 4.69) is 35.6 Å². The van der Waals surface area contributed by atoms with Crippen molar-refractivity contribution in [2.75, 3.05) is 26.2 Å². The van der Waals surface area contributed by atoms with E-state index in [1.807, 2.05) is 42.5 Å². The Bertz CT molecular complexity index is 607. The minimum Gasteiger partial charge on any atom is -0.491 e. The number of aromatic nitrogens is 1. The molecule has 1 aromatic carbocycles. The molecule has 0 aliphatic carbocycles. The molecule has 0 aliphatic heterocycles. The highest BCUT2D eigenvalue weighted by Crippen LogP contribution is 2.08. The van der Waals surface area contributed by atoms with Gasteiger partial charge in [0.15, 0.2) is 0 Å². The Kier molecular flexibility index (Phi) is 6.47. The normalized spacial score (nSPS) is 10.1. The molecule has 2 rings (SSSR count). The number of nitrogens with zero attached hydrogens (tertiary/aromatic N) is 2. The number of benzene rings is 1. The quantitative estimate of drug-likeness (QED) is 0.765. The molecule has 1 heterocycles. The van der Waals surface area contributed by atoms with Crippen LogP contribution in [0.5, 0.6) is 5.75 Å². The molecule has 2 aromatic rings. The maximum absolute atomic E-state index is 5.71. The van der Waals surface area contributed by atoms with Gasteiger partial charge in [0, 0.05) is 12.1 Å². The zero-order chi connectivity index (χ0) is 15.6. The molecule has 0 saturated heterocycles. The molecule has 0 N–H and O–H groups in total. The number of hydrogen-bond acceptors (Lipinski definition) is 3. The van der Waals surface area contributed by atoms with Gasteiger partial charge in [0.25, 0.3) is 0 Å². The van der Waals surface area contributed by atoms with Crippen molar-refractivity contribution in [1.29, 1.82) is 0 Å². The largest absolute Gasteiger partial charge is 0.491 e. The summed E-state index contributed by atoms with van der Waals surface area (Å²) in [5, 5.41) is 0. The van der Waals surface area contributed by atoms with E-state index in [4.69, 9.17) is 4.74 Å². The minimum atomic E-state index is 0.679. The van der Waals surface area contributed by atoms with Crippen LogP contribution < -0.4 is 4.74 Å². The molecule has 0 bridgehead atoms. The third-order valence-electron chi connectivity index (χ3n) is 3.42. The summed E-state index contributed by atoms with van der Waals surface area (Å²) in [5.41, 5.74) is 1.74. The summed E-state index contributed by atoms with van der Waals surface area (Å²) in [4.78, 5) is 6.65. The molecule has 3 heteroatoms. The van der Waals surface area contributed by atoms with Crippen LogP contribution in [0.4, 0.5) is 0 Å². The Morgan fingerprint density at radius 2 is 1.77 bits per heavy atom. The van der Waals surface area contributed by atoms with Crippen molar-refractivity contribution in [3.8, 4) is 17.6 Å². The Morgan fingerprint density at radius 1 is 1.00 bits per heavy atom. The van der Waals surface area contributed by atoms with E-state index >= 15 is 0 Å². The van der Waals surface area contributed by atoms with E-state index < -0.39 is 0 Å². The number of ether oxygens (including phenoxy) is 1. The van der Waals surface area contributed by atoms with E-state index in [1.165, 1.54) is 0 Å². The molecule has 0 fully saturated rings. The Hall–Kier alpha value is -2.31. The highest BCUT2D eigenvalue weighted by Gasteiger charge is 2.00. The first-order valence-corrected chi connectivity index (χ1v) is 7.70. The molecule has 0 unspecified atom stereocenters. The fourth-order valence-corrected chi connectivity index (χ4v) is 2.03. The molecular formula is C19H22N2O. The molecule has 1 aromatic heterocycles. The third-order valence-corrected chi connectivity index (χ3v) is 3.42. The van der Waals surface area contributed by atoms with Crippen molar-refractivity contribution in [1.82, 2.24) is 9.88 Å². The standard InChI is InChI=1S/C19H22N2O/c1-3-21(4-2)14-15-22-19-13-12-18(20-16-19)11-10-17-8-6-5-7-9-17/h5-9,12-13,16H,3-4,14-15H2,1-2H3. The number of likely N-dealkylation sites (N-methyl/N-ethyl adjacent to an activating group) is 1. The van der Waals surface area contributed by atoms with Gasteiger partial charge in [0.05, 0.1) is 6.20 Å². The van der Waals surface area contributed by atoms with Crippen molar-refractivity contribution in [2.24, 2.45) is 0 Å². The molecular weight excluding hydrogens is 272 g/mol. The summed E-state index contributed by atoms with van der Waals surface area (Å²) in [7, 11) is 0. The first-order valence-electron chi connectivity index (χ1n) is 7.70. The zero-order valence-corrected chi connectivity index (χ0v) is 13.2. The molecule has 0 aliphatic rings. The predicted molar refractivity (Wildman–Crippen MR) is 89.9 cm³/mol. The first kappa shape index (κ1) is 16.1. The molecule has 114 valence electrons. The second kappa shape index (κ2) is 8.86. The maximum Gasteiger partial charge on any atom is 0.137 e. The van der Waals surface area contributed by atoms with Gasteiger partial charge in [-0.25, -0.2) is 4.98 Å². The Balaban J connectivity index is 1.87. The van der Waals surface area contributed by atoms with Gasteiger partial charge in [0.2, 0.25) is 0 Å². The van der Waals surface area contributed by atoms with Crippen molar-refractivity contribution in [3.63, 3.8) is 0 Å². The monoisotopic (exact) mass is 294 g/mol. The Morgan fingerprint density at radius 3 is 2.41 bits per heavy atom. The van der Waals surface area contributed by atoms with Crippen LogP contribution in [0, 0.1) is 11.8 Å². The zero-order valence-electron chi connectivity index (χ0n) is 13.2. The summed E-state index contributed by atoms with van der Waals surface area (Å²) in [5.74, 6) is 6.94. The SMILES string of the molecule is CCN(CC)CCOc1ccc(C#Cc2ccccc2)nc1. The predicted octanol–water partition coefficient (Wildman–Crippen LogP) is 3.20. The topological polar surface area (TPSA) is 25.4 Å². The van der Waals surface area contributed by atoms with Gasteiger partial charge in [-0.1, -0.05) is 38.0 Å². The van der Waals surface area contributed by atoms with Gasteiger partial charge in [-0.3, -0.25) is 0 Å². The van der Waals surface area contributed by atoms with Gasteiger partial charge < -0.3 is 9.64 Å². The summed E-state index contributed by atoms with van der Waals surface area (Å²) in [6.45, 7) is 8.02. The van der Waals surface area contributed by atoms with Gasteiger partial charge in [-0.05, 0) is 43.3 Å². The van der Waals surface area contributed by atoms with Crippen molar-refractivity contribution < 1.29 is 4.74 Å². The lowest BCUT2D eigenvalue weighted by atomic mass is 10.2. The summed E-state index contributed by atoms with van der Waals surface area (Å²) in [6, 6.07) is 13.7. The second-order valence-corrected chi connectivity index (χ2v) is 4.87. The first-order chi connectivity index (χ1) is 10.8. The van der Waals surface area contributed by atoms with E-state index in [0.29, 0.717) is 6.61 Å². The summed E-state index contributed by atoms with van der Waals surface area (Å²) < 4.78 is 5.71. The molecule has 0 radical (unpaired) electrons. The lowest BCUT2D eigenvalue weighted by molar-refractivity contribution is 0.222. The highest BCUT2D eigenvalue weighted by molar-refractivity contribution is 5.40. The summed E-state index contributed by atoms with van der Waals surface area (Å²) >= 11 is 0. The molecule has 0 saturated carbocycles. The van der Waals surface area contributed by atoms with E-state index in [-0.39, 0.29) is 0 Å². The fourth-order valence-electron chi connectivity index (χ4n) is 2.03. The molecule has 22 heavy (non-hydrogen) atoms. The number of hydrogen-bond donors (Lipinski definition) is 0. The third kappa shape index (κ3) is 5.23. The van der Waals surface area contributed by atoms with Gasteiger partial charge in [-0.2, -0.15) is 0 Å². The van der Waals surface area contributed by atoms with Crippen molar-refractivity contribution in [3.05, 3.63) is 59.9 Å². The van der Waals surface area contributed by atoms with Crippen LogP contribution >= 0.6 is 0 Å². The molecule has 0 atom stereocenters. The lowest BCUT2D eigenvalue weighted by Gasteiger charge is -2.17. The molecule has 3 nitrogen and oxygen atoms in total. The van der Waals surface area contributed by atoms with Gasteiger partial charge in [-0.15, -0.1) is 0 Å². The van der Waals surface area contributed by atoms with Crippen LogP contribution in [0.3, 0.4) is 0 Å². The van der Waals surface area contributed by atoms with Crippen LogP contribution in [-0.4, -0.2) is 36.1 Å². The van der Waals surface area contributed by atoms with Crippen LogP contribution in [0.1, 0.15) is 25.1 Å². The number of pyridine rings is 1. The smallest absolute Gasteiger partial charge is 0.137 e. The van der Waals surface area contributed by atoms with E-state index in [0.717, 1.165) is 36.6 Å². The Labute approximate surface area is 133 Å². The fraction of sp³-hybridized carbons (Fsp3) is 0.316. The molecule has 0 spiro atoms. The van der Waals surface area contributed by atoms with Crippen molar-refractivity contribution >= 4 is 0 Å². The van der Waals surface area contributed by atoms with E-state index in [1.54, 1.807) is 6.20 Å². The van der Waals surface area contributed by atoms with Crippen LogP contribution in [0.15, 0.2) is 48.7 Å².